The van der Waals surface area contributed by atoms with Crippen LogP contribution in [0, 0.1) is 19.7 Å². The molecule has 31 heavy (non-hydrogen) atoms. The van der Waals surface area contributed by atoms with E-state index in [2.05, 4.69) is 10.4 Å². The van der Waals surface area contributed by atoms with Crippen LogP contribution in [0.4, 0.5) is 10.1 Å². The van der Waals surface area contributed by atoms with E-state index in [0.29, 0.717) is 17.9 Å². The molecule has 0 aliphatic carbocycles. The third-order valence-electron chi connectivity index (χ3n) is 5.00. The van der Waals surface area contributed by atoms with Gasteiger partial charge in [-0.2, -0.15) is 5.10 Å². The van der Waals surface area contributed by atoms with Crippen LogP contribution in [0.2, 0.25) is 0 Å². The molecular weight excluding hydrogens is 415 g/mol. The molecule has 0 atom stereocenters. The van der Waals surface area contributed by atoms with Crippen molar-refractivity contribution in [1.29, 1.82) is 0 Å². The monoisotopic (exact) mass is 436 g/mol. The predicted molar refractivity (Wildman–Crippen MR) is 121 cm³/mol. The average molecular weight is 437 g/mol. The Labute approximate surface area is 184 Å². The van der Waals surface area contributed by atoms with Crippen LogP contribution in [-0.4, -0.2) is 27.9 Å². The van der Waals surface area contributed by atoms with Crippen LogP contribution in [0.25, 0.3) is 6.08 Å². The largest absolute Gasteiger partial charge is 0.496 e. The average Bonchev–Trinajstić information content (AvgIpc) is 3.20. The molecule has 2 aromatic carbocycles. The third kappa shape index (κ3) is 4.20. The van der Waals surface area contributed by atoms with Gasteiger partial charge in [0.05, 0.1) is 25.0 Å². The maximum absolute atomic E-state index is 13.2. The number of rotatable bonds is 5. The number of amides is 1. The molecule has 0 bridgehead atoms. The summed E-state index contributed by atoms with van der Waals surface area (Å²) < 4.78 is 20.7. The molecule has 0 radical (unpaired) electrons. The Morgan fingerprint density at radius 1 is 1.16 bits per heavy atom. The lowest BCUT2D eigenvalue weighted by Gasteiger charge is -2.13. The minimum absolute atomic E-state index is 0.249. The Balaban J connectivity index is 1.64. The fourth-order valence-corrected chi connectivity index (χ4v) is 3.83. The zero-order valence-corrected chi connectivity index (χ0v) is 18.2. The number of ether oxygens (including phenoxy) is 1. The number of methoxy groups -OCH3 is 1. The van der Waals surface area contributed by atoms with Crippen molar-refractivity contribution < 1.29 is 13.9 Å². The fraction of sp³-hybridized carbons (Fsp3) is 0.174. The Hall–Kier alpha value is -3.52. The first-order valence-corrected chi connectivity index (χ1v) is 10.1. The minimum atomic E-state index is -0.376. The van der Waals surface area contributed by atoms with Crippen molar-refractivity contribution in [2.24, 2.45) is 0 Å². The first-order chi connectivity index (χ1) is 14.9. The number of carbonyl (C=O) groups excluding carboxylic acids is 1. The highest BCUT2D eigenvalue weighted by atomic mass is 32.1. The smallest absolute Gasteiger partial charge is 0.281 e. The van der Waals surface area contributed by atoms with Crippen molar-refractivity contribution in [2.45, 2.75) is 20.4 Å². The molecule has 1 aliphatic rings. The van der Waals surface area contributed by atoms with Crippen LogP contribution < -0.4 is 15.0 Å². The van der Waals surface area contributed by atoms with Crippen molar-refractivity contribution >= 4 is 35.0 Å². The van der Waals surface area contributed by atoms with E-state index >= 15 is 0 Å². The quantitative estimate of drug-likeness (QED) is 0.485. The lowest BCUT2D eigenvalue weighted by Crippen LogP contribution is -2.30. The predicted octanol–water partition coefficient (Wildman–Crippen LogP) is 3.96. The van der Waals surface area contributed by atoms with Gasteiger partial charge in [-0.3, -0.25) is 14.4 Å². The van der Waals surface area contributed by atoms with Gasteiger partial charge < -0.3 is 10.1 Å². The molecule has 1 saturated heterocycles. The van der Waals surface area contributed by atoms with E-state index in [1.54, 1.807) is 13.2 Å². The van der Waals surface area contributed by atoms with Gasteiger partial charge in [0.2, 0.25) is 0 Å². The number of anilines is 1. The minimum Gasteiger partial charge on any atom is -0.496 e. The highest BCUT2D eigenvalue weighted by Crippen LogP contribution is 2.26. The summed E-state index contributed by atoms with van der Waals surface area (Å²) in [5, 5.41) is 7.72. The molecular formula is C23H21FN4O2S. The van der Waals surface area contributed by atoms with E-state index in [1.165, 1.54) is 29.2 Å². The first kappa shape index (κ1) is 20.7. The topological polar surface area (TPSA) is 59.4 Å². The van der Waals surface area contributed by atoms with Gasteiger partial charge in [0.25, 0.3) is 5.91 Å². The number of aryl methyl sites for hydroxylation is 2. The van der Waals surface area contributed by atoms with Crippen molar-refractivity contribution in [3.8, 4) is 5.75 Å². The van der Waals surface area contributed by atoms with Crippen molar-refractivity contribution in [3.05, 3.63) is 82.6 Å². The molecule has 2 heterocycles. The maximum Gasteiger partial charge on any atom is 0.281 e. The summed E-state index contributed by atoms with van der Waals surface area (Å²) in [6.45, 7) is 4.50. The molecule has 158 valence electrons. The third-order valence-corrected chi connectivity index (χ3v) is 5.29. The number of nitrogens with one attached hydrogen (secondary N) is 1. The zero-order chi connectivity index (χ0) is 22.1. The maximum atomic E-state index is 13.2. The van der Waals surface area contributed by atoms with Gasteiger partial charge in [0.15, 0.2) is 5.11 Å². The number of benzene rings is 2. The van der Waals surface area contributed by atoms with Crippen LogP contribution in [0.1, 0.15) is 22.5 Å². The summed E-state index contributed by atoms with van der Waals surface area (Å²) in [5.74, 6) is 0.0646. The molecule has 8 heteroatoms. The zero-order valence-electron chi connectivity index (χ0n) is 17.3. The molecule has 0 saturated carbocycles. The van der Waals surface area contributed by atoms with E-state index in [1.807, 2.05) is 42.8 Å². The van der Waals surface area contributed by atoms with Crippen LogP contribution in [0.5, 0.6) is 5.75 Å². The molecule has 0 unspecified atom stereocenters. The summed E-state index contributed by atoms with van der Waals surface area (Å²) in [6.07, 6.45) is 1.74. The molecule has 1 fully saturated rings. The van der Waals surface area contributed by atoms with Gasteiger partial charge in [-0.1, -0.05) is 6.07 Å². The second kappa shape index (κ2) is 8.31. The van der Waals surface area contributed by atoms with Gasteiger partial charge >= 0.3 is 0 Å². The molecule has 1 N–H and O–H groups in total. The summed E-state index contributed by atoms with van der Waals surface area (Å²) in [6, 6.07) is 13.3. The van der Waals surface area contributed by atoms with Gasteiger partial charge in [0, 0.05) is 11.3 Å². The summed E-state index contributed by atoms with van der Waals surface area (Å²) in [7, 11) is 1.62. The number of hydrogen-bond acceptors (Lipinski definition) is 4. The molecule has 1 amide bonds. The second-order valence-corrected chi connectivity index (χ2v) is 7.65. The fourth-order valence-electron chi connectivity index (χ4n) is 3.53. The van der Waals surface area contributed by atoms with E-state index in [0.717, 1.165) is 28.3 Å². The van der Waals surface area contributed by atoms with Crippen molar-refractivity contribution in [1.82, 2.24) is 15.1 Å². The highest BCUT2D eigenvalue weighted by Gasteiger charge is 2.32. The highest BCUT2D eigenvalue weighted by molar-refractivity contribution is 7.80. The standard InChI is InChI=1S/C23H21FN4O2S/c1-14-10-15(2)27(26-14)13-17-11-16(4-9-21(17)30-3)12-20-22(29)28(23(31)25-20)19-7-5-18(24)6-8-19/h4-12H,13H2,1-3H3,(H,25,31)/b20-12+. The van der Waals surface area contributed by atoms with E-state index < -0.39 is 0 Å². The summed E-state index contributed by atoms with van der Waals surface area (Å²) in [5.41, 5.74) is 4.60. The van der Waals surface area contributed by atoms with Crippen molar-refractivity contribution in [2.75, 3.05) is 12.0 Å². The van der Waals surface area contributed by atoms with Gasteiger partial charge in [-0.25, -0.2) is 4.39 Å². The number of nitrogens with zero attached hydrogens (tertiary/aromatic N) is 3. The summed E-state index contributed by atoms with van der Waals surface area (Å²) >= 11 is 5.32. The number of aromatic nitrogens is 2. The van der Waals surface area contributed by atoms with Crippen LogP contribution in [0.3, 0.4) is 0 Å². The van der Waals surface area contributed by atoms with E-state index in [9.17, 15) is 9.18 Å². The molecule has 6 nitrogen and oxygen atoms in total. The van der Waals surface area contributed by atoms with Crippen LogP contribution >= 0.6 is 12.2 Å². The first-order valence-electron chi connectivity index (χ1n) is 9.66. The Kier molecular flexibility index (Phi) is 5.56. The van der Waals surface area contributed by atoms with Crippen molar-refractivity contribution in [3.63, 3.8) is 0 Å². The normalized spacial score (nSPS) is 15.0. The second-order valence-electron chi connectivity index (χ2n) is 7.26. The Morgan fingerprint density at radius 2 is 1.90 bits per heavy atom. The lowest BCUT2D eigenvalue weighted by atomic mass is 10.1. The SMILES string of the molecule is COc1ccc(/C=C2/NC(=S)N(c3ccc(F)cc3)C2=O)cc1Cn1nc(C)cc1C. The van der Waals surface area contributed by atoms with Gasteiger partial charge in [-0.05, 0) is 80.2 Å². The van der Waals surface area contributed by atoms with Gasteiger partial charge in [-0.15, -0.1) is 0 Å². The molecule has 0 spiro atoms. The summed E-state index contributed by atoms with van der Waals surface area (Å²) in [4.78, 5) is 14.3. The number of carbonyl (C=O) groups is 1. The number of thiocarbonyl (C=S) groups is 1. The molecule has 3 aromatic rings. The van der Waals surface area contributed by atoms with E-state index in [-0.39, 0.29) is 16.8 Å². The number of hydrogen-bond donors (Lipinski definition) is 1. The van der Waals surface area contributed by atoms with Gasteiger partial charge in [0.1, 0.15) is 17.3 Å². The lowest BCUT2D eigenvalue weighted by molar-refractivity contribution is -0.113. The Bertz CT molecular complexity index is 1200. The molecule has 1 aliphatic heterocycles. The van der Waals surface area contributed by atoms with Crippen LogP contribution in [-0.2, 0) is 11.3 Å². The van der Waals surface area contributed by atoms with Crippen LogP contribution in [0.15, 0.2) is 54.2 Å². The Morgan fingerprint density at radius 3 is 2.55 bits per heavy atom. The number of halogens is 1. The molecule has 1 aromatic heterocycles. The molecule has 4 rings (SSSR count). The van der Waals surface area contributed by atoms with E-state index in [4.69, 9.17) is 17.0 Å².